The quantitative estimate of drug-likeness (QED) is 0.145. The molecule has 2 unspecified atom stereocenters. The fourth-order valence-corrected chi connectivity index (χ4v) is 3.34. The Morgan fingerprint density at radius 3 is 2.13 bits per heavy atom. The van der Waals surface area contributed by atoms with E-state index in [4.69, 9.17) is 4.74 Å². The minimum absolute atomic E-state index is 0.0691. The first-order chi connectivity index (χ1) is 14.3. The molecule has 0 aromatic carbocycles. The van der Waals surface area contributed by atoms with E-state index in [9.17, 15) is 24.2 Å². The molecule has 0 heterocycles. The van der Waals surface area contributed by atoms with Crippen LogP contribution in [-0.4, -0.2) is 54.3 Å². The summed E-state index contributed by atoms with van der Waals surface area (Å²) in [6.45, 7) is 2.91. The third kappa shape index (κ3) is 19.0. The smallest absolute Gasteiger partial charge is 0.463 e. The van der Waals surface area contributed by atoms with Gasteiger partial charge in [0.25, 0.3) is 0 Å². The zero-order valence-electron chi connectivity index (χ0n) is 18.5. The first-order valence-electron chi connectivity index (χ1n) is 11.0. The lowest BCUT2D eigenvalue weighted by atomic mass is 10.1. The zero-order chi connectivity index (χ0) is 22.7. The van der Waals surface area contributed by atoms with Gasteiger partial charge in [-0.15, -0.1) is 0 Å². The van der Waals surface area contributed by atoms with E-state index in [0.717, 1.165) is 19.3 Å². The minimum atomic E-state index is -4.35. The Bertz CT molecular complexity index is 503. The third-order valence-corrected chi connectivity index (χ3v) is 5.34. The number of nitrogens with one attached hydrogen (secondary N) is 1. The maximum Gasteiger partial charge on any atom is 0.472 e. The molecule has 0 radical (unpaired) electrons. The lowest BCUT2D eigenvalue weighted by Gasteiger charge is -2.15. The van der Waals surface area contributed by atoms with Crippen molar-refractivity contribution >= 4 is 19.7 Å². The molecule has 178 valence electrons. The van der Waals surface area contributed by atoms with Crippen molar-refractivity contribution in [2.45, 2.75) is 90.6 Å². The molecule has 0 bridgehead atoms. The molecule has 10 heteroatoms. The van der Waals surface area contributed by atoms with Crippen LogP contribution in [0.3, 0.4) is 0 Å². The van der Waals surface area contributed by atoms with Crippen LogP contribution in [0.4, 0.5) is 0 Å². The number of rotatable bonds is 20. The van der Waals surface area contributed by atoms with Gasteiger partial charge in [-0.2, -0.15) is 0 Å². The van der Waals surface area contributed by atoms with Gasteiger partial charge in [0.15, 0.2) is 0 Å². The standard InChI is InChI=1S/C20H40NO8P/c1-3-5-6-7-8-9-10-11-12-13-20(24)27-16-18(22)17-29-30(25,26)28-15-14-21-19(23)4-2/h18,22H,3-17H2,1-2H3,(H,21,23)(H,25,26). The highest BCUT2D eigenvalue weighted by Gasteiger charge is 2.23. The van der Waals surface area contributed by atoms with Gasteiger partial charge in [-0.3, -0.25) is 18.6 Å². The molecule has 0 aromatic rings. The summed E-state index contributed by atoms with van der Waals surface area (Å²) in [5, 5.41) is 12.2. The van der Waals surface area contributed by atoms with Crippen molar-refractivity contribution < 1.29 is 37.9 Å². The van der Waals surface area contributed by atoms with Gasteiger partial charge in [0.2, 0.25) is 5.91 Å². The Morgan fingerprint density at radius 2 is 1.53 bits per heavy atom. The number of carbonyl (C=O) groups excluding carboxylic acids is 2. The number of amides is 1. The number of unbranched alkanes of at least 4 members (excludes halogenated alkanes) is 8. The molecule has 3 N–H and O–H groups in total. The molecule has 0 saturated heterocycles. The van der Waals surface area contributed by atoms with Crippen LogP contribution in [0.25, 0.3) is 0 Å². The predicted octanol–water partition coefficient (Wildman–Crippen LogP) is 3.47. The van der Waals surface area contributed by atoms with Gasteiger partial charge in [0, 0.05) is 19.4 Å². The van der Waals surface area contributed by atoms with Crippen LogP contribution in [0.2, 0.25) is 0 Å². The molecule has 0 fully saturated rings. The van der Waals surface area contributed by atoms with Gasteiger partial charge in [0.05, 0.1) is 13.2 Å². The molecular formula is C20H40NO8P. The van der Waals surface area contributed by atoms with Crippen LogP contribution in [0.15, 0.2) is 0 Å². The van der Waals surface area contributed by atoms with E-state index in [1.807, 2.05) is 0 Å². The number of aliphatic hydroxyl groups excluding tert-OH is 1. The average molecular weight is 454 g/mol. The highest BCUT2D eigenvalue weighted by molar-refractivity contribution is 7.47. The summed E-state index contributed by atoms with van der Waals surface area (Å²) in [6.07, 6.45) is 9.70. The Kier molecular flexibility index (Phi) is 18.1. The number of aliphatic hydroxyl groups is 1. The zero-order valence-corrected chi connectivity index (χ0v) is 19.4. The third-order valence-electron chi connectivity index (χ3n) is 4.35. The number of ether oxygens (including phenoxy) is 1. The number of carbonyl (C=O) groups is 2. The van der Waals surface area contributed by atoms with Gasteiger partial charge in [-0.1, -0.05) is 65.2 Å². The molecule has 0 saturated carbocycles. The summed E-state index contributed by atoms with van der Waals surface area (Å²) in [5.74, 6) is -0.612. The van der Waals surface area contributed by atoms with Crippen LogP contribution in [-0.2, 0) is 27.9 Å². The molecule has 0 aliphatic heterocycles. The number of hydrogen-bond acceptors (Lipinski definition) is 7. The van der Waals surface area contributed by atoms with E-state index < -0.39 is 26.5 Å². The maximum atomic E-state index is 11.7. The summed E-state index contributed by atoms with van der Waals surface area (Å²) < 4.78 is 25.9. The lowest BCUT2D eigenvalue weighted by Crippen LogP contribution is -2.26. The monoisotopic (exact) mass is 453 g/mol. The molecule has 30 heavy (non-hydrogen) atoms. The molecule has 0 aromatic heterocycles. The number of hydrogen-bond donors (Lipinski definition) is 3. The second-order valence-corrected chi connectivity index (χ2v) is 8.67. The Balaban J connectivity index is 3.67. The first kappa shape index (κ1) is 29.0. The Labute approximate surface area is 180 Å². The first-order valence-corrected chi connectivity index (χ1v) is 12.5. The van der Waals surface area contributed by atoms with E-state index in [2.05, 4.69) is 21.3 Å². The number of phosphoric ester groups is 1. The number of esters is 1. The normalized spacial score (nSPS) is 14.1. The molecule has 0 rings (SSSR count). The second-order valence-electron chi connectivity index (χ2n) is 7.22. The van der Waals surface area contributed by atoms with E-state index >= 15 is 0 Å². The van der Waals surface area contributed by atoms with Gasteiger partial charge >= 0.3 is 13.8 Å². The molecule has 0 aliphatic rings. The highest BCUT2D eigenvalue weighted by atomic mass is 31.2. The van der Waals surface area contributed by atoms with Crippen molar-refractivity contribution in [1.82, 2.24) is 5.32 Å². The fourth-order valence-electron chi connectivity index (χ4n) is 2.58. The van der Waals surface area contributed by atoms with Gasteiger partial charge in [0.1, 0.15) is 12.7 Å². The topological polar surface area (TPSA) is 131 Å². The van der Waals surface area contributed by atoms with Gasteiger partial charge in [-0.25, -0.2) is 4.57 Å². The summed E-state index contributed by atoms with van der Waals surface area (Å²) in [5.41, 5.74) is 0. The molecule has 0 aliphatic carbocycles. The highest BCUT2D eigenvalue weighted by Crippen LogP contribution is 2.42. The van der Waals surface area contributed by atoms with E-state index in [1.165, 1.54) is 38.5 Å². The SMILES string of the molecule is CCCCCCCCCCCC(=O)OCC(O)COP(=O)(O)OCCNC(=O)CC. The maximum absolute atomic E-state index is 11.7. The van der Waals surface area contributed by atoms with Crippen molar-refractivity contribution in [2.24, 2.45) is 0 Å². The van der Waals surface area contributed by atoms with Crippen molar-refractivity contribution in [1.29, 1.82) is 0 Å². The molecular weight excluding hydrogens is 413 g/mol. The Morgan fingerprint density at radius 1 is 0.933 bits per heavy atom. The van der Waals surface area contributed by atoms with E-state index in [0.29, 0.717) is 6.42 Å². The van der Waals surface area contributed by atoms with Crippen LogP contribution >= 0.6 is 7.82 Å². The summed E-state index contributed by atoms with van der Waals surface area (Å²) >= 11 is 0. The molecule has 1 amide bonds. The lowest BCUT2D eigenvalue weighted by molar-refractivity contribution is -0.147. The predicted molar refractivity (Wildman–Crippen MR) is 114 cm³/mol. The van der Waals surface area contributed by atoms with Crippen LogP contribution < -0.4 is 5.32 Å². The second kappa shape index (κ2) is 18.8. The number of phosphoric acid groups is 1. The molecule has 9 nitrogen and oxygen atoms in total. The molecule has 2 atom stereocenters. The van der Waals surface area contributed by atoms with Gasteiger partial charge < -0.3 is 20.1 Å². The summed E-state index contributed by atoms with van der Waals surface area (Å²) in [6, 6.07) is 0. The van der Waals surface area contributed by atoms with Crippen LogP contribution in [0.5, 0.6) is 0 Å². The van der Waals surface area contributed by atoms with Crippen molar-refractivity contribution in [3.63, 3.8) is 0 Å². The van der Waals surface area contributed by atoms with E-state index in [1.54, 1.807) is 6.92 Å². The van der Waals surface area contributed by atoms with Crippen LogP contribution in [0.1, 0.15) is 84.5 Å². The Hall–Kier alpha value is -0.990. The van der Waals surface area contributed by atoms with Crippen molar-refractivity contribution in [3.05, 3.63) is 0 Å². The summed E-state index contributed by atoms with van der Waals surface area (Å²) in [4.78, 5) is 32.2. The largest absolute Gasteiger partial charge is 0.472 e. The fraction of sp³-hybridized carbons (Fsp3) is 0.900. The van der Waals surface area contributed by atoms with E-state index in [-0.39, 0.29) is 32.1 Å². The average Bonchev–Trinajstić information content (AvgIpc) is 2.72. The van der Waals surface area contributed by atoms with Gasteiger partial charge in [-0.05, 0) is 6.42 Å². The van der Waals surface area contributed by atoms with Crippen LogP contribution in [0, 0.1) is 0 Å². The molecule has 0 spiro atoms. The van der Waals surface area contributed by atoms with Crippen molar-refractivity contribution in [2.75, 3.05) is 26.4 Å². The van der Waals surface area contributed by atoms with Crippen molar-refractivity contribution in [3.8, 4) is 0 Å². The minimum Gasteiger partial charge on any atom is -0.463 e. The summed E-state index contributed by atoms with van der Waals surface area (Å²) in [7, 11) is -4.35.